The largest absolute Gasteiger partial charge is 0.468 e. The average molecular weight is 387 g/mol. The van der Waals surface area contributed by atoms with E-state index in [9.17, 15) is 4.79 Å². The molecule has 0 bridgehead atoms. The first-order valence-electron chi connectivity index (χ1n) is 9.70. The summed E-state index contributed by atoms with van der Waals surface area (Å²) in [5.74, 6) is 0.958. The maximum Gasteiger partial charge on any atom is 0.255 e. The molecule has 4 heterocycles. The second kappa shape index (κ2) is 7.52. The van der Waals surface area contributed by atoms with E-state index in [0.717, 1.165) is 42.2 Å². The summed E-state index contributed by atoms with van der Waals surface area (Å²) in [6, 6.07) is 15.6. The van der Waals surface area contributed by atoms with Gasteiger partial charge in [-0.1, -0.05) is 18.2 Å². The molecule has 1 amide bonds. The molecule has 1 aliphatic rings. The Labute approximate surface area is 168 Å². The quantitative estimate of drug-likeness (QED) is 0.539. The third-order valence-electron chi connectivity index (χ3n) is 5.29. The summed E-state index contributed by atoms with van der Waals surface area (Å²) in [6.07, 6.45) is 5.09. The van der Waals surface area contributed by atoms with Crippen LogP contribution in [0, 0.1) is 0 Å². The number of fused-ring (bicyclic) bond motifs is 1. The average Bonchev–Trinajstić information content (AvgIpc) is 3.44. The van der Waals surface area contributed by atoms with Gasteiger partial charge >= 0.3 is 0 Å². The van der Waals surface area contributed by atoms with Crippen molar-refractivity contribution in [2.24, 2.45) is 0 Å². The van der Waals surface area contributed by atoms with E-state index in [2.05, 4.69) is 14.9 Å². The molecule has 0 radical (unpaired) electrons. The van der Waals surface area contributed by atoms with Gasteiger partial charge < -0.3 is 9.32 Å². The Balaban J connectivity index is 1.29. The topological polar surface area (TPSA) is 67.4 Å². The molecule has 7 nitrogen and oxygen atoms in total. The summed E-state index contributed by atoms with van der Waals surface area (Å²) in [7, 11) is 0. The molecular formula is C22H21N5O2. The molecule has 0 atom stereocenters. The van der Waals surface area contributed by atoms with E-state index in [1.807, 2.05) is 58.0 Å². The maximum atomic E-state index is 13.0. The summed E-state index contributed by atoms with van der Waals surface area (Å²) in [5, 5.41) is 0. The van der Waals surface area contributed by atoms with Gasteiger partial charge in [0.25, 0.3) is 5.91 Å². The van der Waals surface area contributed by atoms with E-state index in [1.165, 1.54) is 0 Å². The Morgan fingerprint density at radius 2 is 1.83 bits per heavy atom. The minimum Gasteiger partial charge on any atom is -0.468 e. The monoisotopic (exact) mass is 387 g/mol. The molecule has 5 rings (SSSR count). The predicted octanol–water partition coefficient (Wildman–Crippen LogP) is 2.97. The summed E-state index contributed by atoms with van der Waals surface area (Å²) in [4.78, 5) is 26.1. The lowest BCUT2D eigenvalue weighted by Gasteiger charge is -2.34. The van der Waals surface area contributed by atoms with Crippen molar-refractivity contribution in [2.45, 2.75) is 6.54 Å². The minimum atomic E-state index is 0.00584. The zero-order chi connectivity index (χ0) is 19.6. The van der Waals surface area contributed by atoms with Gasteiger partial charge in [-0.05, 0) is 30.3 Å². The van der Waals surface area contributed by atoms with Gasteiger partial charge in [0.2, 0.25) is 0 Å². The number of hydrogen-bond acceptors (Lipinski definition) is 5. The van der Waals surface area contributed by atoms with Crippen LogP contribution in [0.5, 0.6) is 0 Å². The summed E-state index contributed by atoms with van der Waals surface area (Å²) in [6.45, 7) is 3.81. The lowest BCUT2D eigenvalue weighted by molar-refractivity contribution is 0.0620. The minimum absolute atomic E-state index is 0.00584. The molecule has 146 valence electrons. The van der Waals surface area contributed by atoms with E-state index >= 15 is 0 Å². The third kappa shape index (κ3) is 3.52. The third-order valence-corrected chi connectivity index (χ3v) is 5.29. The number of carbonyl (C=O) groups excluding carboxylic acids is 1. The highest BCUT2D eigenvalue weighted by Crippen LogP contribution is 2.18. The molecule has 4 aromatic rings. The second-order valence-corrected chi connectivity index (χ2v) is 7.16. The van der Waals surface area contributed by atoms with Crippen LogP contribution in [0.15, 0.2) is 71.7 Å². The lowest BCUT2D eigenvalue weighted by Crippen LogP contribution is -2.48. The van der Waals surface area contributed by atoms with Crippen molar-refractivity contribution in [1.29, 1.82) is 0 Å². The Morgan fingerprint density at radius 3 is 2.59 bits per heavy atom. The Kier molecular flexibility index (Phi) is 4.57. The second-order valence-electron chi connectivity index (χ2n) is 7.16. The van der Waals surface area contributed by atoms with E-state index < -0.39 is 0 Å². The fraction of sp³-hybridized carbons (Fsp3) is 0.227. The molecule has 0 saturated carbocycles. The Hall–Kier alpha value is -3.45. The van der Waals surface area contributed by atoms with Crippen LogP contribution in [0.2, 0.25) is 0 Å². The van der Waals surface area contributed by atoms with Gasteiger partial charge in [-0.3, -0.25) is 14.3 Å². The van der Waals surface area contributed by atoms with E-state index in [4.69, 9.17) is 4.42 Å². The van der Waals surface area contributed by atoms with Crippen LogP contribution < -0.4 is 0 Å². The molecule has 0 spiro atoms. The van der Waals surface area contributed by atoms with Crippen LogP contribution in [0.25, 0.3) is 16.9 Å². The normalized spacial score (nSPS) is 15.1. The van der Waals surface area contributed by atoms with Crippen LogP contribution in [0.1, 0.15) is 16.1 Å². The fourth-order valence-corrected chi connectivity index (χ4v) is 3.71. The molecule has 1 aliphatic heterocycles. The highest BCUT2D eigenvalue weighted by atomic mass is 16.3. The van der Waals surface area contributed by atoms with Crippen molar-refractivity contribution in [3.05, 3.63) is 78.6 Å². The number of imidazole rings is 1. The van der Waals surface area contributed by atoms with Crippen LogP contribution in [-0.4, -0.2) is 56.4 Å². The van der Waals surface area contributed by atoms with Gasteiger partial charge in [0.15, 0.2) is 5.65 Å². The van der Waals surface area contributed by atoms with Crippen molar-refractivity contribution in [2.75, 3.05) is 26.2 Å². The van der Waals surface area contributed by atoms with Gasteiger partial charge in [0.1, 0.15) is 17.6 Å². The number of nitrogens with zero attached hydrogens (tertiary/aromatic N) is 5. The highest BCUT2D eigenvalue weighted by Gasteiger charge is 2.23. The van der Waals surface area contributed by atoms with Gasteiger partial charge in [-0.15, -0.1) is 0 Å². The standard InChI is InChI=1S/C22H21N5O2/c28-22(26-10-8-25(9-11-26)15-19-7-4-12-29-19)17-13-20-21(23-14-17)27(16-24-20)18-5-2-1-3-6-18/h1-7,12-14,16H,8-11,15H2. The van der Waals surface area contributed by atoms with Gasteiger partial charge in [-0.25, -0.2) is 9.97 Å². The lowest BCUT2D eigenvalue weighted by atomic mass is 10.2. The molecule has 0 N–H and O–H groups in total. The molecule has 7 heteroatoms. The zero-order valence-electron chi connectivity index (χ0n) is 15.9. The smallest absolute Gasteiger partial charge is 0.255 e. The molecule has 3 aromatic heterocycles. The molecule has 0 unspecified atom stereocenters. The number of furan rings is 1. The first-order valence-corrected chi connectivity index (χ1v) is 9.70. The number of hydrogen-bond donors (Lipinski definition) is 0. The van der Waals surface area contributed by atoms with Crippen molar-refractivity contribution < 1.29 is 9.21 Å². The Bertz CT molecular complexity index is 1110. The predicted molar refractivity (Wildman–Crippen MR) is 109 cm³/mol. The first kappa shape index (κ1) is 17.6. The number of para-hydroxylation sites is 1. The van der Waals surface area contributed by atoms with E-state index in [1.54, 1.807) is 18.8 Å². The number of carbonyl (C=O) groups is 1. The molecular weight excluding hydrogens is 366 g/mol. The molecule has 1 saturated heterocycles. The molecule has 1 fully saturated rings. The molecule has 29 heavy (non-hydrogen) atoms. The number of benzene rings is 1. The van der Waals surface area contributed by atoms with Crippen molar-refractivity contribution in [1.82, 2.24) is 24.3 Å². The number of aromatic nitrogens is 3. The Morgan fingerprint density at radius 1 is 1.00 bits per heavy atom. The van der Waals surface area contributed by atoms with Crippen LogP contribution in [0.4, 0.5) is 0 Å². The number of amides is 1. The van der Waals surface area contributed by atoms with Gasteiger partial charge in [0.05, 0.1) is 18.4 Å². The SMILES string of the molecule is O=C(c1cnc2c(c1)ncn2-c1ccccc1)N1CCN(Cc2ccco2)CC1. The van der Waals surface area contributed by atoms with E-state index in [-0.39, 0.29) is 5.91 Å². The highest BCUT2D eigenvalue weighted by molar-refractivity contribution is 5.96. The summed E-state index contributed by atoms with van der Waals surface area (Å²) >= 11 is 0. The fourth-order valence-electron chi connectivity index (χ4n) is 3.71. The zero-order valence-corrected chi connectivity index (χ0v) is 15.9. The maximum absolute atomic E-state index is 13.0. The van der Waals surface area contributed by atoms with Crippen molar-refractivity contribution >= 4 is 17.1 Å². The van der Waals surface area contributed by atoms with E-state index in [0.29, 0.717) is 18.7 Å². The summed E-state index contributed by atoms with van der Waals surface area (Å²) < 4.78 is 7.34. The van der Waals surface area contributed by atoms with Gasteiger partial charge in [-0.2, -0.15) is 0 Å². The molecule has 0 aliphatic carbocycles. The van der Waals surface area contributed by atoms with Crippen LogP contribution >= 0.6 is 0 Å². The number of rotatable bonds is 4. The van der Waals surface area contributed by atoms with Crippen molar-refractivity contribution in [3.63, 3.8) is 0 Å². The van der Waals surface area contributed by atoms with Crippen LogP contribution in [-0.2, 0) is 6.54 Å². The first-order chi connectivity index (χ1) is 14.3. The van der Waals surface area contributed by atoms with Crippen molar-refractivity contribution in [3.8, 4) is 5.69 Å². The number of pyridine rings is 1. The van der Waals surface area contributed by atoms with Gasteiger partial charge in [0, 0.05) is 38.1 Å². The summed E-state index contributed by atoms with van der Waals surface area (Å²) in [5.41, 5.74) is 3.04. The number of piperazine rings is 1. The molecule has 1 aromatic carbocycles. The van der Waals surface area contributed by atoms with Crippen LogP contribution in [0.3, 0.4) is 0 Å².